The number of ether oxygens (including phenoxy) is 1. The first-order valence-electron chi connectivity index (χ1n) is 6.20. The smallest absolute Gasteiger partial charge is 0.216 e. The number of hydrogen-bond acceptors (Lipinski definition) is 4. The Morgan fingerprint density at radius 3 is 2.26 bits per heavy atom. The lowest BCUT2D eigenvalue weighted by atomic mass is 10.1. The zero-order valence-corrected chi connectivity index (χ0v) is 12.6. The molecule has 2 atom stereocenters. The van der Waals surface area contributed by atoms with Crippen LogP contribution < -0.4 is 14.8 Å². The molecule has 0 aliphatic carbocycles. The van der Waals surface area contributed by atoms with Gasteiger partial charge in [0.2, 0.25) is 10.0 Å². The quantitative estimate of drug-likeness (QED) is 0.792. The second-order valence-corrected chi connectivity index (χ2v) is 6.66. The van der Waals surface area contributed by atoms with Gasteiger partial charge in [-0.3, -0.25) is 0 Å². The van der Waals surface area contributed by atoms with Gasteiger partial charge in [0.1, 0.15) is 5.75 Å². The first-order valence-corrected chi connectivity index (χ1v) is 7.75. The summed E-state index contributed by atoms with van der Waals surface area (Å²) in [4.78, 5) is 0. The minimum absolute atomic E-state index is 0.268. The van der Waals surface area contributed by atoms with Gasteiger partial charge in [-0.25, -0.2) is 13.1 Å². The number of benzene rings is 1. The van der Waals surface area contributed by atoms with Crippen LogP contribution in [0.15, 0.2) is 24.3 Å². The summed E-state index contributed by atoms with van der Waals surface area (Å²) in [6, 6.07) is 7.08. The van der Waals surface area contributed by atoms with Crippen molar-refractivity contribution >= 4 is 10.0 Å². The number of nitrogens with one attached hydrogen (secondary N) is 2. The van der Waals surface area contributed by atoms with Crippen LogP contribution in [0.1, 0.15) is 25.5 Å². The molecule has 0 radical (unpaired) electrons. The highest BCUT2D eigenvalue weighted by molar-refractivity contribution is 7.90. The van der Waals surface area contributed by atoms with Crippen molar-refractivity contribution in [1.82, 2.24) is 10.0 Å². The van der Waals surface area contributed by atoms with Crippen molar-refractivity contribution in [3.8, 4) is 5.75 Å². The van der Waals surface area contributed by atoms with Crippen molar-refractivity contribution in [1.29, 1.82) is 0 Å². The fourth-order valence-electron chi connectivity index (χ4n) is 1.72. The van der Waals surface area contributed by atoms with Gasteiger partial charge in [-0.05, 0) is 38.6 Å². The van der Waals surface area contributed by atoms with E-state index < -0.39 is 15.3 Å². The average Bonchev–Trinajstić information content (AvgIpc) is 2.38. The van der Waals surface area contributed by atoms with Gasteiger partial charge < -0.3 is 10.1 Å². The zero-order chi connectivity index (χ0) is 14.5. The molecule has 0 heterocycles. The van der Waals surface area contributed by atoms with Gasteiger partial charge >= 0.3 is 0 Å². The molecule has 1 rings (SSSR count). The Bertz CT molecular complexity index is 485. The molecule has 0 aromatic heterocycles. The molecule has 0 aliphatic rings. The van der Waals surface area contributed by atoms with Gasteiger partial charge in [-0.15, -0.1) is 0 Å². The zero-order valence-electron chi connectivity index (χ0n) is 11.8. The Balaban J connectivity index is 2.75. The summed E-state index contributed by atoms with van der Waals surface area (Å²) in [5, 5.41) is 2.39. The minimum atomic E-state index is -3.33. The summed E-state index contributed by atoms with van der Waals surface area (Å²) in [7, 11) is 0.00358. The van der Waals surface area contributed by atoms with Crippen LogP contribution in [0.3, 0.4) is 0 Å². The maximum Gasteiger partial charge on any atom is 0.216 e. The van der Waals surface area contributed by atoms with Crippen molar-refractivity contribution in [3.63, 3.8) is 0 Å². The number of rotatable bonds is 7. The Kier molecular flexibility index (Phi) is 5.78. The van der Waals surface area contributed by atoms with E-state index >= 15 is 0 Å². The molecule has 2 N–H and O–H groups in total. The van der Waals surface area contributed by atoms with E-state index in [4.69, 9.17) is 4.74 Å². The summed E-state index contributed by atoms with van der Waals surface area (Å²) in [6.45, 7) is 3.93. The molecule has 0 saturated carbocycles. The molecule has 2 unspecified atom stereocenters. The van der Waals surface area contributed by atoms with E-state index in [1.807, 2.05) is 31.2 Å². The average molecular weight is 286 g/mol. The highest BCUT2D eigenvalue weighted by Gasteiger charge is 2.22. The second kappa shape index (κ2) is 6.88. The molecule has 0 spiro atoms. The molecule has 108 valence electrons. The molecule has 0 amide bonds. The molecule has 6 heteroatoms. The third-order valence-corrected chi connectivity index (χ3v) is 4.89. The highest BCUT2D eigenvalue weighted by atomic mass is 32.2. The third-order valence-electron chi connectivity index (χ3n) is 2.98. The van der Waals surface area contributed by atoms with E-state index in [-0.39, 0.29) is 6.04 Å². The van der Waals surface area contributed by atoms with Crippen LogP contribution in [-0.2, 0) is 10.0 Å². The van der Waals surface area contributed by atoms with Gasteiger partial charge in [0.25, 0.3) is 0 Å². The van der Waals surface area contributed by atoms with Crippen LogP contribution in [0, 0.1) is 0 Å². The molecule has 19 heavy (non-hydrogen) atoms. The first kappa shape index (κ1) is 15.9. The maximum absolute atomic E-state index is 12.1. The van der Waals surface area contributed by atoms with E-state index in [0.29, 0.717) is 6.54 Å². The highest BCUT2D eigenvalue weighted by Crippen LogP contribution is 2.18. The van der Waals surface area contributed by atoms with E-state index in [9.17, 15) is 8.42 Å². The summed E-state index contributed by atoms with van der Waals surface area (Å²) < 4.78 is 31.9. The van der Waals surface area contributed by atoms with Crippen LogP contribution in [0.5, 0.6) is 5.75 Å². The summed E-state index contributed by atoms with van der Waals surface area (Å²) in [6.07, 6.45) is 0. The predicted molar refractivity (Wildman–Crippen MR) is 76.9 cm³/mol. The lowest BCUT2D eigenvalue weighted by Crippen LogP contribution is -2.39. The number of hydrogen-bond donors (Lipinski definition) is 2. The molecule has 1 aromatic rings. The van der Waals surface area contributed by atoms with E-state index in [1.165, 1.54) is 0 Å². The largest absolute Gasteiger partial charge is 0.497 e. The molecular formula is C13H22N2O3S. The SMILES string of the molecule is CNCC(C)S(=O)(=O)NC(C)c1ccc(OC)cc1. The molecule has 5 nitrogen and oxygen atoms in total. The van der Waals surface area contributed by atoms with Crippen LogP contribution in [0.4, 0.5) is 0 Å². The molecule has 0 aliphatic heterocycles. The van der Waals surface area contributed by atoms with Crippen molar-refractivity contribution in [2.45, 2.75) is 25.1 Å². The number of methoxy groups -OCH3 is 1. The second-order valence-electron chi connectivity index (χ2n) is 4.53. The third kappa shape index (κ3) is 4.49. The molecule has 0 bridgehead atoms. The predicted octanol–water partition coefficient (Wildman–Crippen LogP) is 1.28. The molecule has 0 saturated heterocycles. The summed E-state index contributed by atoms with van der Waals surface area (Å²) >= 11 is 0. The number of sulfonamides is 1. The van der Waals surface area contributed by atoms with Crippen molar-refractivity contribution in [2.75, 3.05) is 20.7 Å². The van der Waals surface area contributed by atoms with Crippen LogP contribution >= 0.6 is 0 Å². The Morgan fingerprint density at radius 2 is 1.79 bits per heavy atom. The molecule has 1 aromatic carbocycles. The first-order chi connectivity index (χ1) is 8.90. The van der Waals surface area contributed by atoms with Gasteiger partial charge in [-0.2, -0.15) is 0 Å². The van der Waals surface area contributed by atoms with E-state index in [2.05, 4.69) is 10.0 Å². The minimum Gasteiger partial charge on any atom is -0.497 e. The van der Waals surface area contributed by atoms with E-state index in [0.717, 1.165) is 11.3 Å². The molecule has 0 fully saturated rings. The van der Waals surface area contributed by atoms with Gasteiger partial charge in [0, 0.05) is 12.6 Å². The Hall–Kier alpha value is -1.11. The van der Waals surface area contributed by atoms with Gasteiger partial charge in [0.05, 0.1) is 12.4 Å². The normalized spacial score (nSPS) is 14.9. The van der Waals surface area contributed by atoms with Crippen LogP contribution in [0.25, 0.3) is 0 Å². The summed E-state index contributed by atoms with van der Waals surface area (Å²) in [5.74, 6) is 0.752. The summed E-state index contributed by atoms with van der Waals surface area (Å²) in [5.41, 5.74) is 0.904. The monoisotopic (exact) mass is 286 g/mol. The Morgan fingerprint density at radius 1 is 1.21 bits per heavy atom. The van der Waals surface area contributed by atoms with Gasteiger partial charge in [0.15, 0.2) is 0 Å². The topological polar surface area (TPSA) is 67.4 Å². The van der Waals surface area contributed by atoms with Crippen molar-refractivity contribution in [2.24, 2.45) is 0 Å². The fourth-order valence-corrected chi connectivity index (χ4v) is 2.97. The standard InChI is InChI=1S/C13H22N2O3S/c1-10(9-14-3)19(16,17)15-11(2)12-5-7-13(18-4)8-6-12/h5-8,10-11,14-15H,9H2,1-4H3. The fraction of sp³-hybridized carbons (Fsp3) is 0.538. The van der Waals surface area contributed by atoms with Crippen LogP contribution in [0.2, 0.25) is 0 Å². The van der Waals surface area contributed by atoms with Gasteiger partial charge in [-0.1, -0.05) is 12.1 Å². The molecular weight excluding hydrogens is 264 g/mol. The van der Waals surface area contributed by atoms with Crippen LogP contribution in [-0.4, -0.2) is 34.4 Å². The lowest BCUT2D eigenvalue weighted by Gasteiger charge is -2.18. The van der Waals surface area contributed by atoms with E-state index in [1.54, 1.807) is 21.1 Å². The van der Waals surface area contributed by atoms with Crippen molar-refractivity contribution in [3.05, 3.63) is 29.8 Å². The maximum atomic E-state index is 12.1. The van der Waals surface area contributed by atoms with Crippen molar-refractivity contribution < 1.29 is 13.2 Å². The Labute approximate surface area is 115 Å². The lowest BCUT2D eigenvalue weighted by molar-refractivity contribution is 0.414.